The maximum absolute atomic E-state index is 4.03. The lowest BCUT2D eigenvalue weighted by molar-refractivity contribution is 0.682. The minimum atomic E-state index is 0.686. The van der Waals surface area contributed by atoms with Crippen molar-refractivity contribution in [1.82, 2.24) is 25.5 Å². The molecule has 20 heavy (non-hydrogen) atoms. The summed E-state index contributed by atoms with van der Waals surface area (Å²) in [5.74, 6) is 0.686. The van der Waals surface area contributed by atoms with Gasteiger partial charge in [-0.05, 0) is 41.9 Å². The van der Waals surface area contributed by atoms with Crippen LogP contribution in [0.15, 0.2) is 42.0 Å². The number of rotatable bonds is 5. The van der Waals surface area contributed by atoms with E-state index in [1.807, 2.05) is 30.3 Å². The van der Waals surface area contributed by atoms with Crippen molar-refractivity contribution in [1.29, 1.82) is 0 Å². The smallest absolute Gasteiger partial charge is 0.247 e. The summed E-state index contributed by atoms with van der Waals surface area (Å²) in [6.07, 6.45) is 4.43. The standard InChI is InChI=1S/C14H18N6/c1-2-4-13(5-3-1)20-14(17-18-19-20)16-11-8-12-6-9-15-10-7-12/h1-6,15H,7-11H2,(H,16,17,19). The number of tetrazole rings is 1. The van der Waals surface area contributed by atoms with E-state index in [4.69, 9.17) is 0 Å². The first-order chi connectivity index (χ1) is 9.93. The van der Waals surface area contributed by atoms with E-state index in [-0.39, 0.29) is 0 Å². The Morgan fingerprint density at radius 1 is 1.25 bits per heavy atom. The van der Waals surface area contributed by atoms with E-state index in [1.54, 1.807) is 4.68 Å². The monoisotopic (exact) mass is 270 g/mol. The van der Waals surface area contributed by atoms with Crippen molar-refractivity contribution in [2.45, 2.75) is 12.8 Å². The highest BCUT2D eigenvalue weighted by atomic mass is 15.6. The van der Waals surface area contributed by atoms with Crippen LogP contribution in [0.5, 0.6) is 0 Å². The van der Waals surface area contributed by atoms with Crippen LogP contribution in [0, 0.1) is 0 Å². The van der Waals surface area contributed by atoms with Gasteiger partial charge in [-0.1, -0.05) is 34.9 Å². The van der Waals surface area contributed by atoms with Crippen molar-refractivity contribution < 1.29 is 0 Å². The summed E-state index contributed by atoms with van der Waals surface area (Å²) in [6, 6.07) is 9.89. The molecule has 0 radical (unpaired) electrons. The number of anilines is 1. The molecule has 0 spiro atoms. The van der Waals surface area contributed by atoms with Crippen LogP contribution in [-0.4, -0.2) is 39.8 Å². The average molecular weight is 270 g/mol. The lowest BCUT2D eigenvalue weighted by Crippen LogP contribution is -2.21. The molecule has 1 aliphatic heterocycles. The molecule has 0 bridgehead atoms. The zero-order valence-corrected chi connectivity index (χ0v) is 11.3. The van der Waals surface area contributed by atoms with Crippen LogP contribution in [0.1, 0.15) is 12.8 Å². The molecule has 1 aromatic carbocycles. The third-order valence-electron chi connectivity index (χ3n) is 3.36. The van der Waals surface area contributed by atoms with Gasteiger partial charge in [-0.3, -0.25) is 0 Å². The van der Waals surface area contributed by atoms with Gasteiger partial charge in [-0.15, -0.1) is 0 Å². The SMILES string of the molecule is C1=C(CCNc2nnnn2-c2ccccc2)CCNC1. The average Bonchev–Trinajstić information content (AvgIpc) is 2.98. The molecule has 0 atom stereocenters. The van der Waals surface area contributed by atoms with Gasteiger partial charge in [-0.2, -0.15) is 4.68 Å². The zero-order valence-electron chi connectivity index (χ0n) is 11.3. The second kappa shape index (κ2) is 6.29. The van der Waals surface area contributed by atoms with E-state index >= 15 is 0 Å². The van der Waals surface area contributed by atoms with Crippen LogP contribution in [0.2, 0.25) is 0 Å². The Morgan fingerprint density at radius 3 is 2.95 bits per heavy atom. The van der Waals surface area contributed by atoms with E-state index < -0.39 is 0 Å². The third-order valence-corrected chi connectivity index (χ3v) is 3.36. The Kier molecular flexibility index (Phi) is 4.03. The topological polar surface area (TPSA) is 67.7 Å². The Balaban J connectivity index is 1.61. The molecule has 2 aromatic rings. The minimum Gasteiger partial charge on any atom is -0.352 e. The summed E-state index contributed by atoms with van der Waals surface area (Å²) >= 11 is 0. The number of benzene rings is 1. The van der Waals surface area contributed by atoms with Gasteiger partial charge < -0.3 is 10.6 Å². The van der Waals surface area contributed by atoms with E-state index in [9.17, 15) is 0 Å². The summed E-state index contributed by atoms with van der Waals surface area (Å²) in [5.41, 5.74) is 2.45. The lowest BCUT2D eigenvalue weighted by Gasteiger charge is -2.14. The van der Waals surface area contributed by atoms with Gasteiger partial charge in [0.2, 0.25) is 5.95 Å². The number of nitrogens with zero attached hydrogens (tertiary/aromatic N) is 4. The van der Waals surface area contributed by atoms with Crippen LogP contribution in [0.4, 0.5) is 5.95 Å². The van der Waals surface area contributed by atoms with Gasteiger partial charge >= 0.3 is 0 Å². The van der Waals surface area contributed by atoms with Crippen molar-refractivity contribution in [3.63, 3.8) is 0 Å². The predicted molar refractivity (Wildman–Crippen MR) is 77.8 cm³/mol. The summed E-state index contributed by atoms with van der Waals surface area (Å²) in [7, 11) is 0. The molecule has 0 aliphatic carbocycles. The van der Waals surface area contributed by atoms with Crippen molar-refractivity contribution in [3.05, 3.63) is 42.0 Å². The van der Waals surface area contributed by atoms with E-state index in [1.165, 1.54) is 5.57 Å². The molecule has 2 heterocycles. The Morgan fingerprint density at radius 2 is 2.15 bits per heavy atom. The number of hydrogen-bond donors (Lipinski definition) is 2. The minimum absolute atomic E-state index is 0.686. The number of aromatic nitrogens is 4. The van der Waals surface area contributed by atoms with Crippen LogP contribution in [0.3, 0.4) is 0 Å². The first-order valence-corrected chi connectivity index (χ1v) is 6.90. The van der Waals surface area contributed by atoms with Crippen molar-refractivity contribution in [3.8, 4) is 5.69 Å². The summed E-state index contributed by atoms with van der Waals surface area (Å²) in [4.78, 5) is 0. The second-order valence-electron chi connectivity index (χ2n) is 4.74. The Labute approximate surface area is 117 Å². The fourth-order valence-corrected chi connectivity index (χ4v) is 2.27. The number of para-hydroxylation sites is 1. The first kappa shape index (κ1) is 12.8. The molecule has 1 aromatic heterocycles. The second-order valence-corrected chi connectivity index (χ2v) is 4.74. The van der Waals surface area contributed by atoms with Gasteiger partial charge in [0.1, 0.15) is 0 Å². The molecule has 0 saturated heterocycles. The molecule has 2 N–H and O–H groups in total. The van der Waals surface area contributed by atoms with Crippen LogP contribution >= 0.6 is 0 Å². The molecule has 0 amide bonds. The fourth-order valence-electron chi connectivity index (χ4n) is 2.27. The molecule has 6 nitrogen and oxygen atoms in total. The molecule has 1 aliphatic rings. The van der Waals surface area contributed by atoms with E-state index in [2.05, 4.69) is 32.2 Å². The summed E-state index contributed by atoms with van der Waals surface area (Å²) in [5, 5.41) is 18.4. The molecule has 3 rings (SSSR count). The predicted octanol–water partition coefficient (Wildman–Crippen LogP) is 1.38. The molecule has 0 saturated carbocycles. The molecular formula is C14H18N6. The largest absolute Gasteiger partial charge is 0.352 e. The van der Waals surface area contributed by atoms with Gasteiger partial charge in [-0.25, -0.2) is 0 Å². The van der Waals surface area contributed by atoms with Crippen molar-refractivity contribution >= 4 is 5.95 Å². The highest BCUT2D eigenvalue weighted by molar-refractivity contribution is 5.38. The normalized spacial score (nSPS) is 14.9. The van der Waals surface area contributed by atoms with Crippen LogP contribution in [-0.2, 0) is 0 Å². The van der Waals surface area contributed by atoms with Gasteiger partial charge in [0, 0.05) is 13.1 Å². The van der Waals surface area contributed by atoms with Gasteiger partial charge in [0.25, 0.3) is 0 Å². The molecule has 104 valence electrons. The van der Waals surface area contributed by atoms with Crippen molar-refractivity contribution in [2.75, 3.05) is 25.0 Å². The van der Waals surface area contributed by atoms with E-state index in [0.717, 1.165) is 38.2 Å². The molecular weight excluding hydrogens is 252 g/mol. The lowest BCUT2D eigenvalue weighted by atomic mass is 10.1. The summed E-state index contributed by atoms with van der Waals surface area (Å²) in [6.45, 7) is 2.91. The maximum atomic E-state index is 4.03. The zero-order chi connectivity index (χ0) is 13.6. The maximum Gasteiger partial charge on any atom is 0.247 e. The number of hydrogen-bond acceptors (Lipinski definition) is 5. The molecule has 0 unspecified atom stereocenters. The van der Waals surface area contributed by atoms with E-state index in [0.29, 0.717) is 5.95 Å². The Bertz CT molecular complexity index is 574. The van der Waals surface area contributed by atoms with Gasteiger partial charge in [0.15, 0.2) is 0 Å². The Hall–Kier alpha value is -2.21. The molecule has 0 fully saturated rings. The highest BCUT2D eigenvalue weighted by Crippen LogP contribution is 2.12. The van der Waals surface area contributed by atoms with Crippen LogP contribution in [0.25, 0.3) is 5.69 Å². The first-order valence-electron chi connectivity index (χ1n) is 6.90. The number of nitrogens with one attached hydrogen (secondary N) is 2. The third kappa shape index (κ3) is 3.03. The highest BCUT2D eigenvalue weighted by Gasteiger charge is 2.08. The van der Waals surface area contributed by atoms with Gasteiger partial charge in [0.05, 0.1) is 5.69 Å². The van der Waals surface area contributed by atoms with Crippen LogP contribution < -0.4 is 10.6 Å². The molecule has 6 heteroatoms. The van der Waals surface area contributed by atoms with Crippen molar-refractivity contribution in [2.24, 2.45) is 0 Å². The fraction of sp³-hybridized carbons (Fsp3) is 0.357. The quantitative estimate of drug-likeness (QED) is 0.804. The summed E-state index contributed by atoms with van der Waals surface area (Å²) < 4.78 is 1.72.